The van der Waals surface area contributed by atoms with Crippen LogP contribution in [0.4, 0.5) is 0 Å². The van der Waals surface area contributed by atoms with Crippen molar-refractivity contribution in [1.82, 2.24) is 9.80 Å². The highest BCUT2D eigenvalue weighted by atomic mass is 16.2. The molecule has 0 radical (unpaired) electrons. The number of Topliss-reactive ketones (excluding diaryl/α,β-unsaturated/α-hetero) is 2. The first-order valence-corrected chi connectivity index (χ1v) is 13.8. The molecule has 0 aromatic carbocycles. The maximum absolute atomic E-state index is 11.9. The lowest BCUT2D eigenvalue weighted by Gasteiger charge is -2.14. The van der Waals surface area contributed by atoms with E-state index in [1.807, 2.05) is 27.7 Å². The van der Waals surface area contributed by atoms with Crippen LogP contribution in [0.3, 0.4) is 0 Å². The summed E-state index contributed by atoms with van der Waals surface area (Å²) in [6.07, 6.45) is 7.96. The third kappa shape index (κ3) is 9.58. The maximum atomic E-state index is 11.9. The smallest absolute Gasteiger partial charge is 0.232 e. The molecule has 0 N–H and O–H groups in total. The predicted molar refractivity (Wildman–Crippen MR) is 138 cm³/mol. The Bertz CT molecular complexity index is 793. The first-order chi connectivity index (χ1) is 17.1. The van der Waals surface area contributed by atoms with Crippen LogP contribution in [0, 0.1) is 17.8 Å². The van der Waals surface area contributed by atoms with Crippen molar-refractivity contribution in [2.24, 2.45) is 17.8 Å². The maximum Gasteiger partial charge on any atom is 0.232 e. The molecule has 3 unspecified atom stereocenters. The summed E-state index contributed by atoms with van der Waals surface area (Å²) < 4.78 is 0. The molecule has 2 aliphatic heterocycles. The lowest BCUT2D eigenvalue weighted by Crippen LogP contribution is -2.32. The molecule has 204 valence electrons. The molecule has 8 nitrogen and oxygen atoms in total. The Morgan fingerprint density at radius 1 is 0.806 bits per heavy atom. The summed E-state index contributed by atoms with van der Waals surface area (Å²) in [5.74, 6) is 0.0889. The van der Waals surface area contributed by atoms with Crippen molar-refractivity contribution >= 4 is 35.2 Å². The molecule has 0 aromatic heterocycles. The van der Waals surface area contributed by atoms with Crippen LogP contribution in [0.2, 0.25) is 0 Å². The first-order valence-electron chi connectivity index (χ1n) is 13.8. The van der Waals surface area contributed by atoms with Crippen molar-refractivity contribution in [3.8, 4) is 0 Å². The number of carbonyl (C=O) groups excluding carboxylic acids is 6. The van der Waals surface area contributed by atoms with E-state index in [2.05, 4.69) is 0 Å². The SMILES string of the molecule is CCC(C)C(=O)CCCCCN1C(=O)CC(CC)C1=O.CCCC1CC(=O)N(CCC(=O)CC)C1=O. The van der Waals surface area contributed by atoms with Crippen LogP contribution in [-0.2, 0) is 28.8 Å². The summed E-state index contributed by atoms with van der Waals surface area (Å²) in [5, 5.41) is 0. The number of hydrogen-bond donors (Lipinski definition) is 0. The molecule has 0 aliphatic carbocycles. The molecule has 2 heterocycles. The fourth-order valence-corrected chi connectivity index (χ4v) is 4.50. The summed E-state index contributed by atoms with van der Waals surface area (Å²) in [4.78, 5) is 72.4. The molecule has 8 heteroatoms. The molecule has 3 atom stereocenters. The largest absolute Gasteiger partial charge is 0.300 e. The van der Waals surface area contributed by atoms with Crippen LogP contribution < -0.4 is 0 Å². The van der Waals surface area contributed by atoms with Crippen LogP contribution in [0.15, 0.2) is 0 Å². The van der Waals surface area contributed by atoms with Crippen LogP contribution in [0.25, 0.3) is 0 Å². The zero-order chi connectivity index (χ0) is 27.3. The van der Waals surface area contributed by atoms with Crippen LogP contribution >= 0.6 is 0 Å². The Morgan fingerprint density at radius 3 is 1.92 bits per heavy atom. The van der Waals surface area contributed by atoms with Gasteiger partial charge < -0.3 is 0 Å². The van der Waals surface area contributed by atoms with Gasteiger partial charge in [0.2, 0.25) is 23.6 Å². The van der Waals surface area contributed by atoms with Gasteiger partial charge in [-0.3, -0.25) is 38.6 Å². The van der Waals surface area contributed by atoms with Gasteiger partial charge >= 0.3 is 0 Å². The monoisotopic (exact) mass is 506 g/mol. The van der Waals surface area contributed by atoms with Crippen LogP contribution in [-0.4, -0.2) is 58.1 Å². The average molecular weight is 507 g/mol. The van der Waals surface area contributed by atoms with E-state index in [0.717, 1.165) is 44.9 Å². The highest BCUT2D eigenvalue weighted by Crippen LogP contribution is 2.24. The highest BCUT2D eigenvalue weighted by Gasteiger charge is 2.38. The Morgan fingerprint density at radius 2 is 1.39 bits per heavy atom. The molecule has 0 bridgehead atoms. The van der Waals surface area contributed by atoms with Gasteiger partial charge in [0.15, 0.2) is 0 Å². The molecule has 2 saturated heterocycles. The summed E-state index contributed by atoms with van der Waals surface area (Å²) >= 11 is 0. The highest BCUT2D eigenvalue weighted by molar-refractivity contribution is 6.04. The third-order valence-corrected chi connectivity index (χ3v) is 7.28. The second-order valence-electron chi connectivity index (χ2n) is 9.99. The zero-order valence-corrected chi connectivity index (χ0v) is 23.0. The Hall–Kier alpha value is -2.38. The van der Waals surface area contributed by atoms with Gasteiger partial charge in [0, 0.05) is 62.9 Å². The van der Waals surface area contributed by atoms with E-state index < -0.39 is 0 Å². The number of rotatable bonds is 15. The van der Waals surface area contributed by atoms with Crippen molar-refractivity contribution in [1.29, 1.82) is 0 Å². The van der Waals surface area contributed by atoms with Crippen LogP contribution in [0.1, 0.15) is 112 Å². The average Bonchev–Trinajstić information content (AvgIpc) is 3.30. The Kier molecular flexibility index (Phi) is 14.4. The number of amides is 4. The fraction of sp³-hybridized carbons (Fsp3) is 0.786. The van der Waals surface area contributed by atoms with Gasteiger partial charge in [-0.15, -0.1) is 0 Å². The van der Waals surface area contributed by atoms with Gasteiger partial charge in [0.25, 0.3) is 0 Å². The number of imide groups is 2. The second-order valence-corrected chi connectivity index (χ2v) is 9.99. The minimum absolute atomic E-state index is 0.00631. The molecular weight excluding hydrogens is 460 g/mol. The molecule has 2 fully saturated rings. The van der Waals surface area contributed by atoms with Gasteiger partial charge in [0.1, 0.15) is 11.6 Å². The minimum Gasteiger partial charge on any atom is -0.300 e. The lowest BCUT2D eigenvalue weighted by atomic mass is 9.99. The Balaban J connectivity index is 0.000000369. The van der Waals surface area contributed by atoms with E-state index in [9.17, 15) is 28.8 Å². The predicted octanol–water partition coefficient (Wildman–Crippen LogP) is 4.48. The van der Waals surface area contributed by atoms with Gasteiger partial charge in [-0.2, -0.15) is 0 Å². The molecule has 36 heavy (non-hydrogen) atoms. The lowest BCUT2D eigenvalue weighted by molar-refractivity contribution is -0.141. The number of hydrogen-bond acceptors (Lipinski definition) is 6. The standard InChI is InChI=1S/C16H27NO3.C12H19NO3/c1-4-12(3)14(18)9-7-6-8-10-17-15(19)11-13(5-2)16(17)20;1-3-5-9-8-11(15)13(12(9)16)7-6-10(14)4-2/h12-13H,4-11H2,1-3H3;9H,3-8H2,1-2H3. The third-order valence-electron chi connectivity index (χ3n) is 7.28. The number of nitrogens with zero attached hydrogens (tertiary/aromatic N) is 2. The zero-order valence-electron chi connectivity index (χ0n) is 23.0. The Labute approximate surface area is 216 Å². The van der Waals surface area contributed by atoms with Gasteiger partial charge in [-0.1, -0.05) is 47.5 Å². The fourth-order valence-electron chi connectivity index (χ4n) is 4.50. The topological polar surface area (TPSA) is 109 Å². The van der Waals surface area contributed by atoms with Crippen molar-refractivity contribution in [3.63, 3.8) is 0 Å². The van der Waals surface area contributed by atoms with Gasteiger partial charge in [-0.05, 0) is 32.1 Å². The molecular formula is C28H46N2O6. The van der Waals surface area contributed by atoms with E-state index in [1.165, 1.54) is 9.80 Å². The molecule has 0 aromatic rings. The first kappa shape index (κ1) is 31.6. The molecule has 0 spiro atoms. The number of carbonyl (C=O) groups is 6. The van der Waals surface area contributed by atoms with Crippen molar-refractivity contribution in [2.75, 3.05) is 13.1 Å². The number of ketones is 2. The molecule has 0 saturated carbocycles. The molecule has 4 amide bonds. The number of unbranched alkanes of at least 4 members (excludes halogenated alkanes) is 2. The van der Waals surface area contributed by atoms with Crippen molar-refractivity contribution in [3.05, 3.63) is 0 Å². The van der Waals surface area contributed by atoms with E-state index >= 15 is 0 Å². The molecule has 2 aliphatic rings. The summed E-state index contributed by atoms with van der Waals surface area (Å²) in [7, 11) is 0. The van der Waals surface area contributed by atoms with E-state index in [0.29, 0.717) is 44.4 Å². The summed E-state index contributed by atoms with van der Waals surface area (Å²) in [6, 6.07) is 0. The van der Waals surface area contributed by atoms with E-state index in [1.54, 1.807) is 6.92 Å². The van der Waals surface area contributed by atoms with E-state index in [-0.39, 0.29) is 53.7 Å². The summed E-state index contributed by atoms with van der Waals surface area (Å²) in [6.45, 7) is 10.5. The van der Waals surface area contributed by atoms with Gasteiger partial charge in [0.05, 0.1) is 0 Å². The molecule has 2 rings (SSSR count). The second kappa shape index (κ2) is 16.4. The minimum atomic E-state index is -0.144. The van der Waals surface area contributed by atoms with Gasteiger partial charge in [-0.25, -0.2) is 0 Å². The van der Waals surface area contributed by atoms with E-state index in [4.69, 9.17) is 0 Å². The number of likely N-dealkylation sites (tertiary alicyclic amines) is 2. The van der Waals surface area contributed by atoms with Crippen molar-refractivity contribution < 1.29 is 28.8 Å². The summed E-state index contributed by atoms with van der Waals surface area (Å²) in [5.41, 5.74) is 0. The van der Waals surface area contributed by atoms with Crippen LogP contribution in [0.5, 0.6) is 0 Å². The normalized spacial score (nSPS) is 20.6. The quantitative estimate of drug-likeness (QED) is 0.239. The van der Waals surface area contributed by atoms with Crippen molar-refractivity contribution in [2.45, 2.75) is 112 Å².